The summed E-state index contributed by atoms with van der Waals surface area (Å²) in [7, 11) is 1.55. The number of aliphatic hydroxyl groups is 1. The van der Waals surface area contributed by atoms with E-state index in [1.165, 1.54) is 0 Å². The van der Waals surface area contributed by atoms with Crippen LogP contribution in [-0.2, 0) is 0 Å². The molecule has 0 spiro atoms. The van der Waals surface area contributed by atoms with Crippen LogP contribution in [0.25, 0.3) is 11.0 Å². The molecule has 2 rings (SSSR count). The third-order valence-corrected chi connectivity index (χ3v) is 2.73. The largest absolute Gasteiger partial charge is 0.495 e. The zero-order valence-corrected chi connectivity index (χ0v) is 9.81. The molecule has 5 heteroatoms. The molecule has 17 heavy (non-hydrogen) atoms. The fourth-order valence-electron chi connectivity index (χ4n) is 1.72. The van der Waals surface area contributed by atoms with Crippen LogP contribution in [0.2, 0.25) is 0 Å². The van der Waals surface area contributed by atoms with E-state index < -0.39 is 12.1 Å². The molecule has 0 saturated heterocycles. The van der Waals surface area contributed by atoms with Crippen molar-refractivity contribution in [2.75, 3.05) is 12.8 Å². The van der Waals surface area contributed by atoms with Gasteiger partial charge in [0.15, 0.2) is 0 Å². The molecule has 0 aliphatic heterocycles. The Kier molecular flexibility index (Phi) is 2.95. The molecule has 1 aromatic heterocycles. The quantitative estimate of drug-likeness (QED) is 0.700. The molecule has 0 radical (unpaired) electrons. The molecular formula is C12H16N2O3. The molecule has 0 fully saturated rings. The Labute approximate surface area is 99.0 Å². The van der Waals surface area contributed by atoms with Gasteiger partial charge in [-0.1, -0.05) is 0 Å². The number of anilines is 1. The van der Waals surface area contributed by atoms with Gasteiger partial charge in [-0.15, -0.1) is 0 Å². The predicted octanol–water partition coefficient (Wildman–Crippen LogP) is 1.40. The lowest BCUT2D eigenvalue weighted by Gasteiger charge is -2.10. The van der Waals surface area contributed by atoms with E-state index >= 15 is 0 Å². The van der Waals surface area contributed by atoms with Gasteiger partial charge in [0, 0.05) is 11.4 Å². The Morgan fingerprint density at radius 3 is 2.71 bits per heavy atom. The number of nitrogens with two attached hydrogens (primary N) is 2. The summed E-state index contributed by atoms with van der Waals surface area (Å²) in [6.45, 7) is 1.71. The molecule has 1 aromatic carbocycles. The molecule has 92 valence electrons. The van der Waals surface area contributed by atoms with Gasteiger partial charge >= 0.3 is 0 Å². The molecule has 0 saturated carbocycles. The van der Waals surface area contributed by atoms with Crippen LogP contribution in [0.1, 0.15) is 18.8 Å². The summed E-state index contributed by atoms with van der Waals surface area (Å²) in [5, 5.41) is 10.5. The van der Waals surface area contributed by atoms with Crippen LogP contribution in [0.4, 0.5) is 5.69 Å². The van der Waals surface area contributed by atoms with E-state index in [-0.39, 0.29) is 0 Å². The second-order valence-corrected chi connectivity index (χ2v) is 4.05. The number of fused-ring (bicyclic) bond motifs is 1. The number of methoxy groups -OCH3 is 1. The summed E-state index contributed by atoms with van der Waals surface area (Å²) in [5.41, 5.74) is 12.6. The van der Waals surface area contributed by atoms with Crippen molar-refractivity contribution < 1.29 is 14.3 Å². The van der Waals surface area contributed by atoms with E-state index in [2.05, 4.69) is 0 Å². The number of furan rings is 1. The maximum Gasteiger partial charge on any atom is 0.142 e. The van der Waals surface area contributed by atoms with E-state index in [1.54, 1.807) is 32.2 Å². The first kappa shape index (κ1) is 11.8. The third-order valence-electron chi connectivity index (χ3n) is 2.73. The average Bonchev–Trinajstić information content (AvgIpc) is 2.73. The third kappa shape index (κ3) is 1.94. The number of nitrogen functional groups attached to an aromatic ring is 1. The molecule has 0 amide bonds. The molecule has 0 unspecified atom stereocenters. The van der Waals surface area contributed by atoms with Crippen LogP contribution < -0.4 is 16.2 Å². The van der Waals surface area contributed by atoms with Gasteiger partial charge in [0.2, 0.25) is 0 Å². The standard InChI is InChI=1S/C12H16N2O3/c1-6(13)12(15)10-5-7-8(17-10)3-4-9(16-2)11(7)14/h3-6,12,15H,13-14H2,1-2H3/t6-,12+/m0/s1. The maximum atomic E-state index is 9.83. The second kappa shape index (κ2) is 4.27. The van der Waals surface area contributed by atoms with Crippen LogP contribution in [0.3, 0.4) is 0 Å². The molecule has 0 bridgehead atoms. The summed E-state index contributed by atoms with van der Waals surface area (Å²) in [5.74, 6) is 0.995. The van der Waals surface area contributed by atoms with Crippen molar-refractivity contribution in [1.82, 2.24) is 0 Å². The van der Waals surface area contributed by atoms with Gasteiger partial charge in [-0.25, -0.2) is 0 Å². The number of aliphatic hydroxyl groups excluding tert-OH is 1. The number of ether oxygens (including phenoxy) is 1. The van der Waals surface area contributed by atoms with Crippen molar-refractivity contribution in [1.29, 1.82) is 0 Å². The van der Waals surface area contributed by atoms with Gasteiger partial charge in [0.25, 0.3) is 0 Å². The molecule has 0 aliphatic carbocycles. The van der Waals surface area contributed by atoms with Gasteiger partial charge in [0.1, 0.15) is 23.2 Å². The number of hydrogen-bond donors (Lipinski definition) is 3. The van der Waals surface area contributed by atoms with Crippen LogP contribution in [0, 0.1) is 0 Å². The number of hydrogen-bond acceptors (Lipinski definition) is 5. The smallest absolute Gasteiger partial charge is 0.142 e. The summed E-state index contributed by atoms with van der Waals surface area (Å²) in [6, 6.07) is 4.77. The van der Waals surface area contributed by atoms with Crippen molar-refractivity contribution in [3.8, 4) is 5.75 Å². The average molecular weight is 236 g/mol. The molecular weight excluding hydrogens is 220 g/mol. The summed E-state index contributed by atoms with van der Waals surface area (Å²) in [4.78, 5) is 0. The Morgan fingerprint density at radius 1 is 1.41 bits per heavy atom. The molecule has 2 aromatic rings. The van der Waals surface area contributed by atoms with Gasteiger partial charge in [-0.3, -0.25) is 0 Å². The second-order valence-electron chi connectivity index (χ2n) is 4.05. The normalized spacial score (nSPS) is 14.8. The SMILES string of the molecule is COc1ccc2oc([C@H](O)[C@H](C)N)cc2c1N. The Balaban J connectivity index is 2.54. The van der Waals surface area contributed by atoms with Crippen molar-refractivity contribution in [2.45, 2.75) is 19.1 Å². The minimum absolute atomic E-state index is 0.404. The first-order valence-electron chi connectivity index (χ1n) is 5.34. The van der Waals surface area contributed by atoms with Gasteiger partial charge in [0.05, 0.1) is 12.8 Å². The molecule has 5 nitrogen and oxygen atoms in total. The fraction of sp³-hybridized carbons (Fsp3) is 0.333. The maximum absolute atomic E-state index is 9.83. The highest BCUT2D eigenvalue weighted by Crippen LogP contribution is 2.34. The first-order chi connectivity index (χ1) is 8.04. The zero-order chi connectivity index (χ0) is 12.6. The number of rotatable bonds is 3. The summed E-state index contributed by atoms with van der Waals surface area (Å²) in [6.07, 6.45) is -0.840. The highest BCUT2D eigenvalue weighted by Gasteiger charge is 2.19. The summed E-state index contributed by atoms with van der Waals surface area (Å²) < 4.78 is 10.6. The highest BCUT2D eigenvalue weighted by molar-refractivity contribution is 5.93. The lowest BCUT2D eigenvalue weighted by molar-refractivity contribution is 0.129. The van der Waals surface area contributed by atoms with E-state index in [4.69, 9.17) is 20.6 Å². The lowest BCUT2D eigenvalue weighted by Crippen LogP contribution is -2.23. The number of benzene rings is 1. The van der Waals surface area contributed by atoms with Crippen LogP contribution in [0.15, 0.2) is 22.6 Å². The van der Waals surface area contributed by atoms with Crippen molar-refractivity contribution in [2.24, 2.45) is 5.73 Å². The van der Waals surface area contributed by atoms with Crippen LogP contribution >= 0.6 is 0 Å². The van der Waals surface area contributed by atoms with Crippen molar-refractivity contribution in [3.63, 3.8) is 0 Å². The minimum Gasteiger partial charge on any atom is -0.495 e. The topological polar surface area (TPSA) is 94.6 Å². The molecule has 5 N–H and O–H groups in total. The van der Waals surface area contributed by atoms with E-state index in [0.717, 1.165) is 5.39 Å². The Hall–Kier alpha value is -1.72. The van der Waals surface area contributed by atoms with Gasteiger partial charge < -0.3 is 25.7 Å². The van der Waals surface area contributed by atoms with Gasteiger partial charge in [-0.2, -0.15) is 0 Å². The molecule has 0 aliphatic rings. The van der Waals surface area contributed by atoms with E-state index in [9.17, 15) is 5.11 Å². The zero-order valence-electron chi connectivity index (χ0n) is 9.81. The van der Waals surface area contributed by atoms with Crippen LogP contribution in [0.5, 0.6) is 5.75 Å². The first-order valence-corrected chi connectivity index (χ1v) is 5.34. The van der Waals surface area contributed by atoms with E-state index in [0.29, 0.717) is 22.8 Å². The monoisotopic (exact) mass is 236 g/mol. The summed E-state index contributed by atoms with van der Waals surface area (Å²) >= 11 is 0. The predicted molar refractivity (Wildman–Crippen MR) is 65.8 cm³/mol. The Bertz CT molecular complexity index is 534. The lowest BCUT2D eigenvalue weighted by atomic mass is 10.1. The van der Waals surface area contributed by atoms with Gasteiger partial charge in [-0.05, 0) is 25.1 Å². The van der Waals surface area contributed by atoms with Crippen molar-refractivity contribution >= 4 is 16.7 Å². The Morgan fingerprint density at radius 2 is 2.12 bits per heavy atom. The molecule has 1 heterocycles. The van der Waals surface area contributed by atoms with Crippen molar-refractivity contribution in [3.05, 3.63) is 24.0 Å². The fourth-order valence-corrected chi connectivity index (χ4v) is 1.72. The highest BCUT2D eigenvalue weighted by atomic mass is 16.5. The van der Waals surface area contributed by atoms with E-state index in [1.807, 2.05) is 0 Å². The molecule has 2 atom stereocenters. The van der Waals surface area contributed by atoms with Crippen LogP contribution in [-0.4, -0.2) is 18.3 Å². The minimum atomic E-state index is -0.840.